The zero-order chi connectivity index (χ0) is 13.7. The van der Waals surface area contributed by atoms with Crippen LogP contribution in [0, 0.1) is 5.92 Å². The van der Waals surface area contributed by atoms with Crippen LogP contribution in [0.15, 0.2) is 17.4 Å². The normalized spacial score (nSPS) is 19.3. The first-order chi connectivity index (χ1) is 9.24. The molecule has 2 rings (SSSR count). The van der Waals surface area contributed by atoms with E-state index in [9.17, 15) is 4.79 Å². The third kappa shape index (κ3) is 3.59. The zero-order valence-corrected chi connectivity index (χ0v) is 12.2. The van der Waals surface area contributed by atoms with Gasteiger partial charge in [-0.05, 0) is 18.6 Å². The second-order valence-corrected chi connectivity index (χ2v) is 5.83. The van der Waals surface area contributed by atoms with Gasteiger partial charge in [0.25, 0.3) is 0 Å². The van der Waals surface area contributed by atoms with Gasteiger partial charge in [-0.15, -0.1) is 11.8 Å². The van der Waals surface area contributed by atoms with Crippen molar-refractivity contribution in [3.05, 3.63) is 12.4 Å². The summed E-state index contributed by atoms with van der Waals surface area (Å²) in [6, 6.07) is 0. The quantitative estimate of drug-likeness (QED) is 0.848. The maximum absolute atomic E-state index is 11.7. The number of hydrogen-bond acceptors (Lipinski definition) is 5. The van der Waals surface area contributed by atoms with Gasteiger partial charge in [0.2, 0.25) is 5.91 Å². The van der Waals surface area contributed by atoms with Crippen LogP contribution < -0.4 is 10.2 Å². The summed E-state index contributed by atoms with van der Waals surface area (Å²) in [5.41, 5.74) is 0. The molecule has 5 nitrogen and oxygen atoms in total. The molecular formula is C13H20N4OS. The van der Waals surface area contributed by atoms with Gasteiger partial charge in [-0.2, -0.15) is 0 Å². The number of hydrogen-bond donors (Lipinski definition) is 1. The molecule has 1 saturated heterocycles. The van der Waals surface area contributed by atoms with E-state index in [-0.39, 0.29) is 11.8 Å². The Kier molecular flexibility index (Phi) is 5.01. The molecule has 0 aliphatic carbocycles. The zero-order valence-electron chi connectivity index (χ0n) is 11.4. The van der Waals surface area contributed by atoms with Gasteiger partial charge < -0.3 is 10.2 Å². The first-order valence-corrected chi connectivity index (χ1v) is 7.64. The monoisotopic (exact) mass is 280 g/mol. The van der Waals surface area contributed by atoms with E-state index in [1.165, 1.54) is 0 Å². The number of nitrogens with zero attached hydrogens (tertiary/aromatic N) is 3. The summed E-state index contributed by atoms with van der Waals surface area (Å²) >= 11 is 1.69. The number of carbonyl (C=O) groups excluding carboxylic acids is 1. The third-order valence-electron chi connectivity index (χ3n) is 3.25. The maximum atomic E-state index is 11.7. The lowest BCUT2D eigenvalue weighted by Gasteiger charge is -2.32. The number of rotatable bonds is 4. The highest BCUT2D eigenvalue weighted by atomic mass is 32.2. The molecule has 0 radical (unpaired) electrons. The van der Waals surface area contributed by atoms with Gasteiger partial charge >= 0.3 is 0 Å². The number of nitrogens with one attached hydrogen (secondary N) is 1. The Morgan fingerprint density at radius 1 is 1.58 bits per heavy atom. The molecule has 104 valence electrons. The van der Waals surface area contributed by atoms with Gasteiger partial charge in [0, 0.05) is 20.1 Å². The lowest BCUT2D eigenvalue weighted by molar-refractivity contribution is -0.124. The predicted octanol–water partition coefficient (Wildman–Crippen LogP) is 1.55. The Morgan fingerprint density at radius 3 is 3.16 bits per heavy atom. The topological polar surface area (TPSA) is 58.1 Å². The van der Waals surface area contributed by atoms with Crippen LogP contribution >= 0.6 is 11.8 Å². The number of piperidine rings is 1. The van der Waals surface area contributed by atoms with Gasteiger partial charge in [0.15, 0.2) is 0 Å². The van der Waals surface area contributed by atoms with E-state index in [1.807, 2.05) is 0 Å². The third-order valence-corrected chi connectivity index (χ3v) is 4.04. The molecule has 1 aromatic rings. The maximum Gasteiger partial charge on any atom is 0.224 e. The van der Waals surface area contributed by atoms with Crippen LogP contribution in [0.5, 0.6) is 0 Å². The van der Waals surface area contributed by atoms with E-state index < -0.39 is 0 Å². The van der Waals surface area contributed by atoms with Crippen LogP contribution in [0.4, 0.5) is 5.82 Å². The van der Waals surface area contributed by atoms with Crippen molar-refractivity contribution in [2.45, 2.75) is 24.8 Å². The lowest BCUT2D eigenvalue weighted by Crippen LogP contribution is -2.42. The number of carbonyl (C=O) groups is 1. The Labute approximate surface area is 118 Å². The molecule has 19 heavy (non-hydrogen) atoms. The van der Waals surface area contributed by atoms with E-state index in [2.05, 4.69) is 27.1 Å². The number of aromatic nitrogens is 2. The molecule has 2 heterocycles. The van der Waals surface area contributed by atoms with E-state index in [4.69, 9.17) is 0 Å². The van der Waals surface area contributed by atoms with Crippen LogP contribution in [-0.2, 0) is 4.79 Å². The first kappa shape index (κ1) is 14.1. The fourth-order valence-electron chi connectivity index (χ4n) is 2.31. The van der Waals surface area contributed by atoms with Crippen LogP contribution in [0.3, 0.4) is 0 Å². The highest BCUT2D eigenvalue weighted by molar-refractivity contribution is 7.99. The van der Waals surface area contributed by atoms with Crippen LogP contribution in [0.25, 0.3) is 0 Å². The first-order valence-electron chi connectivity index (χ1n) is 6.66. The molecule has 1 amide bonds. The molecule has 1 N–H and O–H groups in total. The second-order valence-electron chi connectivity index (χ2n) is 4.55. The van der Waals surface area contributed by atoms with Crippen LogP contribution in [0.1, 0.15) is 19.8 Å². The van der Waals surface area contributed by atoms with Crippen molar-refractivity contribution in [1.29, 1.82) is 0 Å². The van der Waals surface area contributed by atoms with Crippen molar-refractivity contribution in [2.24, 2.45) is 5.92 Å². The molecular weight excluding hydrogens is 260 g/mol. The van der Waals surface area contributed by atoms with Crippen molar-refractivity contribution < 1.29 is 4.79 Å². The molecule has 0 spiro atoms. The molecule has 1 aromatic heterocycles. The second kappa shape index (κ2) is 6.75. The van der Waals surface area contributed by atoms with E-state index >= 15 is 0 Å². The molecule has 0 aromatic carbocycles. The summed E-state index contributed by atoms with van der Waals surface area (Å²) in [4.78, 5) is 22.7. The number of thioether (sulfide) groups is 1. The smallest absolute Gasteiger partial charge is 0.224 e. The van der Waals surface area contributed by atoms with Gasteiger partial charge in [-0.3, -0.25) is 9.78 Å². The molecule has 1 fully saturated rings. The predicted molar refractivity (Wildman–Crippen MR) is 77.4 cm³/mol. The van der Waals surface area contributed by atoms with Crippen LogP contribution in [-0.4, -0.2) is 41.8 Å². The fraction of sp³-hybridized carbons (Fsp3) is 0.615. The van der Waals surface area contributed by atoms with Gasteiger partial charge in [-0.1, -0.05) is 6.92 Å². The molecule has 1 unspecified atom stereocenters. The molecule has 6 heteroatoms. The molecule has 0 saturated carbocycles. The highest BCUT2D eigenvalue weighted by Gasteiger charge is 2.25. The van der Waals surface area contributed by atoms with Crippen molar-refractivity contribution in [3.63, 3.8) is 0 Å². The van der Waals surface area contributed by atoms with E-state index in [1.54, 1.807) is 31.2 Å². The summed E-state index contributed by atoms with van der Waals surface area (Å²) in [5.74, 6) is 2.05. The largest absolute Gasteiger partial charge is 0.359 e. The Bertz CT molecular complexity index is 440. The molecule has 1 atom stereocenters. The fourth-order valence-corrected chi connectivity index (χ4v) is 2.90. The number of amides is 1. The summed E-state index contributed by atoms with van der Waals surface area (Å²) in [7, 11) is 1.69. The summed E-state index contributed by atoms with van der Waals surface area (Å²) in [6.45, 7) is 3.78. The molecule has 1 aliphatic heterocycles. The highest BCUT2D eigenvalue weighted by Crippen LogP contribution is 2.23. The number of anilines is 1. The minimum Gasteiger partial charge on any atom is -0.359 e. The lowest BCUT2D eigenvalue weighted by atomic mass is 9.97. The summed E-state index contributed by atoms with van der Waals surface area (Å²) < 4.78 is 0. The van der Waals surface area contributed by atoms with Crippen molar-refractivity contribution in [2.75, 3.05) is 30.8 Å². The van der Waals surface area contributed by atoms with E-state index in [0.717, 1.165) is 42.5 Å². The molecule has 1 aliphatic rings. The average Bonchev–Trinajstić information content (AvgIpc) is 2.47. The van der Waals surface area contributed by atoms with E-state index in [0.29, 0.717) is 0 Å². The van der Waals surface area contributed by atoms with Gasteiger partial charge in [0.05, 0.1) is 18.3 Å². The van der Waals surface area contributed by atoms with Crippen molar-refractivity contribution in [3.8, 4) is 0 Å². The van der Waals surface area contributed by atoms with Crippen molar-refractivity contribution >= 4 is 23.5 Å². The van der Waals surface area contributed by atoms with Crippen LogP contribution in [0.2, 0.25) is 0 Å². The van der Waals surface area contributed by atoms with Gasteiger partial charge in [-0.25, -0.2) is 4.98 Å². The standard InChI is InChI=1S/C13H20N4OS/c1-3-19-12-8-15-7-11(16-12)17-6-4-5-10(9-17)13(18)14-2/h7-8,10H,3-6,9H2,1-2H3,(H,14,18). The van der Waals surface area contributed by atoms with Gasteiger partial charge in [0.1, 0.15) is 10.8 Å². The SMILES string of the molecule is CCSc1cncc(N2CCCC(C(=O)NC)C2)n1. The molecule has 0 bridgehead atoms. The minimum absolute atomic E-state index is 0.0584. The summed E-state index contributed by atoms with van der Waals surface area (Å²) in [5, 5.41) is 3.68. The Morgan fingerprint density at radius 2 is 2.42 bits per heavy atom. The Hall–Kier alpha value is -1.30. The minimum atomic E-state index is 0.0584. The Balaban J connectivity index is 2.08. The summed E-state index contributed by atoms with van der Waals surface area (Å²) in [6.07, 6.45) is 5.54. The van der Waals surface area contributed by atoms with Crippen molar-refractivity contribution in [1.82, 2.24) is 15.3 Å². The average molecular weight is 280 g/mol.